The SMILES string of the molecule is CCCCCCOc1ccc(Br)cc1C(=O)NC(=S)Nc1ccc(OC(C)CC)cc1. The van der Waals surface area contributed by atoms with E-state index in [1.807, 2.05) is 37.3 Å². The van der Waals surface area contributed by atoms with Crippen LogP contribution in [-0.2, 0) is 0 Å². The number of benzene rings is 2. The molecule has 1 amide bonds. The lowest BCUT2D eigenvalue weighted by Crippen LogP contribution is -2.34. The Balaban J connectivity index is 1.94. The van der Waals surface area contributed by atoms with E-state index in [-0.39, 0.29) is 17.1 Å². The van der Waals surface area contributed by atoms with E-state index >= 15 is 0 Å². The Labute approximate surface area is 199 Å². The molecule has 0 bridgehead atoms. The molecular formula is C24H31BrN2O3S. The predicted molar refractivity (Wildman–Crippen MR) is 134 cm³/mol. The molecule has 0 heterocycles. The topological polar surface area (TPSA) is 59.6 Å². The van der Waals surface area contributed by atoms with Gasteiger partial charge in [0.1, 0.15) is 11.5 Å². The highest BCUT2D eigenvalue weighted by molar-refractivity contribution is 9.10. The van der Waals surface area contributed by atoms with Crippen molar-refractivity contribution < 1.29 is 14.3 Å². The molecule has 0 aliphatic carbocycles. The average Bonchev–Trinajstić information content (AvgIpc) is 2.75. The molecule has 0 saturated heterocycles. The van der Waals surface area contributed by atoms with E-state index in [0.717, 1.165) is 35.2 Å². The van der Waals surface area contributed by atoms with Crippen LogP contribution < -0.4 is 20.1 Å². The molecule has 0 aromatic heterocycles. The van der Waals surface area contributed by atoms with Crippen LogP contribution in [0.2, 0.25) is 0 Å². The van der Waals surface area contributed by atoms with Gasteiger partial charge in [0, 0.05) is 10.2 Å². The quantitative estimate of drug-likeness (QED) is 0.262. The van der Waals surface area contributed by atoms with Crippen molar-refractivity contribution in [2.45, 2.75) is 59.0 Å². The molecule has 168 valence electrons. The van der Waals surface area contributed by atoms with Crippen LogP contribution in [0.5, 0.6) is 11.5 Å². The molecule has 0 aliphatic heterocycles. The molecule has 7 heteroatoms. The van der Waals surface area contributed by atoms with Crippen LogP contribution in [0.3, 0.4) is 0 Å². The fraction of sp³-hybridized carbons (Fsp3) is 0.417. The first-order valence-electron chi connectivity index (χ1n) is 10.7. The lowest BCUT2D eigenvalue weighted by atomic mass is 10.2. The number of carbonyl (C=O) groups excluding carboxylic acids is 1. The Bertz CT molecular complexity index is 858. The van der Waals surface area contributed by atoms with Crippen LogP contribution in [0.25, 0.3) is 0 Å². The van der Waals surface area contributed by atoms with Gasteiger partial charge in [0.25, 0.3) is 5.91 Å². The van der Waals surface area contributed by atoms with Crippen molar-refractivity contribution in [1.29, 1.82) is 0 Å². The summed E-state index contributed by atoms with van der Waals surface area (Å²) in [6.07, 6.45) is 5.53. The standard InChI is InChI=1S/C24H31BrN2O3S/c1-4-6-7-8-15-29-22-14-9-18(25)16-21(22)23(28)27-24(31)26-19-10-12-20(13-11-19)30-17(3)5-2/h9-14,16-17H,4-8,15H2,1-3H3,(H2,26,27,28,31). The molecule has 1 atom stereocenters. The number of nitrogens with one attached hydrogen (secondary N) is 2. The Hall–Kier alpha value is -2.12. The van der Waals surface area contributed by atoms with Gasteiger partial charge < -0.3 is 14.8 Å². The molecule has 2 N–H and O–H groups in total. The van der Waals surface area contributed by atoms with Crippen molar-refractivity contribution in [3.05, 3.63) is 52.5 Å². The maximum absolute atomic E-state index is 12.8. The number of amides is 1. The second kappa shape index (κ2) is 13.3. The zero-order chi connectivity index (χ0) is 22.6. The summed E-state index contributed by atoms with van der Waals surface area (Å²) in [4.78, 5) is 12.8. The maximum atomic E-state index is 12.8. The van der Waals surface area contributed by atoms with E-state index in [0.29, 0.717) is 17.9 Å². The summed E-state index contributed by atoms with van der Waals surface area (Å²) in [5, 5.41) is 5.97. The highest BCUT2D eigenvalue weighted by atomic mass is 79.9. The zero-order valence-electron chi connectivity index (χ0n) is 18.4. The van der Waals surface area contributed by atoms with Gasteiger partial charge in [0.05, 0.1) is 18.3 Å². The molecule has 2 aromatic rings. The average molecular weight is 507 g/mol. The molecule has 2 rings (SSSR count). The third kappa shape index (κ3) is 8.87. The Morgan fingerprint density at radius 2 is 1.84 bits per heavy atom. The van der Waals surface area contributed by atoms with Gasteiger partial charge in [0.15, 0.2) is 5.11 Å². The van der Waals surface area contributed by atoms with Crippen molar-refractivity contribution in [2.75, 3.05) is 11.9 Å². The number of thiocarbonyl (C=S) groups is 1. The summed E-state index contributed by atoms with van der Waals surface area (Å²) < 4.78 is 12.4. The summed E-state index contributed by atoms with van der Waals surface area (Å²) in [5.74, 6) is 1.02. The van der Waals surface area contributed by atoms with Crippen LogP contribution >= 0.6 is 28.1 Å². The van der Waals surface area contributed by atoms with Crippen molar-refractivity contribution in [3.8, 4) is 11.5 Å². The number of halogens is 1. The van der Waals surface area contributed by atoms with Crippen LogP contribution in [0, 0.1) is 0 Å². The number of ether oxygens (including phenoxy) is 2. The van der Waals surface area contributed by atoms with E-state index in [9.17, 15) is 4.79 Å². The van der Waals surface area contributed by atoms with Crippen molar-refractivity contribution >= 4 is 44.9 Å². The van der Waals surface area contributed by atoms with Gasteiger partial charge in [-0.3, -0.25) is 10.1 Å². The third-order valence-corrected chi connectivity index (χ3v) is 5.39. The fourth-order valence-electron chi connectivity index (χ4n) is 2.78. The van der Waals surface area contributed by atoms with Gasteiger partial charge in [-0.1, -0.05) is 49.0 Å². The molecule has 0 spiro atoms. The minimum Gasteiger partial charge on any atom is -0.493 e. The fourth-order valence-corrected chi connectivity index (χ4v) is 3.35. The molecule has 1 unspecified atom stereocenters. The van der Waals surface area contributed by atoms with Crippen molar-refractivity contribution in [2.24, 2.45) is 0 Å². The number of rotatable bonds is 11. The smallest absolute Gasteiger partial charge is 0.261 e. The van der Waals surface area contributed by atoms with Gasteiger partial charge in [-0.2, -0.15) is 0 Å². The summed E-state index contributed by atoms with van der Waals surface area (Å²) in [7, 11) is 0. The highest BCUT2D eigenvalue weighted by Gasteiger charge is 2.15. The Morgan fingerprint density at radius 3 is 2.52 bits per heavy atom. The van der Waals surface area contributed by atoms with E-state index in [2.05, 4.69) is 40.4 Å². The molecule has 5 nitrogen and oxygen atoms in total. The lowest BCUT2D eigenvalue weighted by Gasteiger charge is -2.15. The maximum Gasteiger partial charge on any atom is 0.261 e. The van der Waals surface area contributed by atoms with Crippen molar-refractivity contribution in [1.82, 2.24) is 5.32 Å². The van der Waals surface area contributed by atoms with Gasteiger partial charge in [-0.25, -0.2) is 0 Å². The van der Waals surface area contributed by atoms with Crippen LogP contribution in [0.4, 0.5) is 5.69 Å². The van der Waals surface area contributed by atoms with Crippen molar-refractivity contribution in [3.63, 3.8) is 0 Å². The molecule has 0 aliphatic rings. The second-order valence-corrected chi connectivity index (χ2v) is 8.64. The number of anilines is 1. The van der Waals surface area contributed by atoms with E-state index < -0.39 is 0 Å². The minimum atomic E-state index is -0.320. The molecule has 0 radical (unpaired) electrons. The number of hydrogen-bond acceptors (Lipinski definition) is 4. The summed E-state index contributed by atoms with van der Waals surface area (Å²) in [6, 6.07) is 12.9. The molecular weight excluding hydrogens is 476 g/mol. The highest BCUT2D eigenvalue weighted by Crippen LogP contribution is 2.24. The summed E-state index contributed by atoms with van der Waals surface area (Å²) >= 11 is 8.74. The predicted octanol–water partition coefficient (Wildman–Crippen LogP) is 6.71. The molecule has 0 saturated carbocycles. The van der Waals surface area contributed by atoms with Crippen LogP contribution in [0.15, 0.2) is 46.9 Å². The van der Waals surface area contributed by atoms with Gasteiger partial charge >= 0.3 is 0 Å². The lowest BCUT2D eigenvalue weighted by molar-refractivity contribution is 0.0973. The van der Waals surface area contributed by atoms with Gasteiger partial charge in [-0.15, -0.1) is 0 Å². The first-order valence-corrected chi connectivity index (χ1v) is 11.9. The van der Waals surface area contributed by atoms with E-state index in [1.165, 1.54) is 12.8 Å². The van der Waals surface area contributed by atoms with E-state index in [4.69, 9.17) is 21.7 Å². The van der Waals surface area contributed by atoms with Gasteiger partial charge in [0.2, 0.25) is 0 Å². The number of unbranched alkanes of at least 4 members (excludes halogenated alkanes) is 3. The number of carbonyl (C=O) groups is 1. The molecule has 31 heavy (non-hydrogen) atoms. The molecule has 2 aromatic carbocycles. The monoisotopic (exact) mass is 506 g/mol. The normalized spacial score (nSPS) is 11.5. The van der Waals surface area contributed by atoms with Crippen LogP contribution in [-0.4, -0.2) is 23.7 Å². The van der Waals surface area contributed by atoms with Gasteiger partial charge in [-0.05, 0) is 74.4 Å². The Kier molecular flexibility index (Phi) is 10.8. The minimum absolute atomic E-state index is 0.160. The molecule has 0 fully saturated rings. The summed E-state index contributed by atoms with van der Waals surface area (Å²) in [5.41, 5.74) is 1.20. The zero-order valence-corrected chi connectivity index (χ0v) is 20.8. The third-order valence-electron chi connectivity index (χ3n) is 4.69. The largest absolute Gasteiger partial charge is 0.493 e. The van der Waals surface area contributed by atoms with E-state index in [1.54, 1.807) is 12.1 Å². The summed E-state index contributed by atoms with van der Waals surface area (Å²) in [6.45, 7) is 6.86. The number of hydrogen-bond donors (Lipinski definition) is 2. The van der Waals surface area contributed by atoms with Crippen LogP contribution in [0.1, 0.15) is 63.2 Å². The first-order chi connectivity index (χ1) is 14.9. The second-order valence-electron chi connectivity index (χ2n) is 7.32. The Morgan fingerprint density at radius 1 is 1.10 bits per heavy atom. The first kappa shape index (κ1) is 25.1.